The first-order chi connectivity index (χ1) is 7.35. The minimum absolute atomic E-state index is 0.0755. The molecular weight excluding hydrogens is 263 g/mol. The number of thiazole rings is 1. The molecule has 0 spiro atoms. The van der Waals surface area contributed by atoms with Gasteiger partial charge in [0, 0.05) is 6.07 Å². The van der Waals surface area contributed by atoms with E-state index in [2.05, 4.69) is 9.72 Å². The van der Waals surface area contributed by atoms with Gasteiger partial charge < -0.3 is 4.74 Å². The molecule has 1 heterocycles. The number of alkyl halides is 3. The van der Waals surface area contributed by atoms with Crippen LogP contribution in [0.15, 0.2) is 12.1 Å². The summed E-state index contributed by atoms with van der Waals surface area (Å²) in [5, 5.41) is 0.684. The number of hydrogen-bond donors (Lipinski definition) is 0. The lowest BCUT2D eigenvalue weighted by molar-refractivity contribution is -0.274. The van der Waals surface area contributed by atoms with Crippen LogP contribution in [0.4, 0.5) is 13.2 Å². The van der Waals surface area contributed by atoms with Gasteiger partial charge in [0.2, 0.25) is 0 Å². The van der Waals surface area contributed by atoms with Gasteiger partial charge in [-0.25, -0.2) is 4.98 Å². The first-order valence-corrected chi connectivity index (χ1v) is 5.37. The summed E-state index contributed by atoms with van der Waals surface area (Å²) in [6.45, 7) is 1.77. The van der Waals surface area contributed by atoms with Crippen molar-refractivity contribution in [2.24, 2.45) is 0 Å². The van der Waals surface area contributed by atoms with Crippen molar-refractivity contribution in [1.29, 1.82) is 0 Å². The van der Waals surface area contributed by atoms with Gasteiger partial charge in [0.1, 0.15) is 5.75 Å². The van der Waals surface area contributed by atoms with Gasteiger partial charge in [0.05, 0.1) is 20.2 Å². The predicted octanol–water partition coefficient (Wildman–Crippen LogP) is 4.16. The van der Waals surface area contributed by atoms with Crippen molar-refractivity contribution >= 4 is 33.2 Å². The first kappa shape index (κ1) is 11.5. The van der Waals surface area contributed by atoms with Crippen LogP contribution in [0.1, 0.15) is 5.01 Å². The van der Waals surface area contributed by atoms with E-state index in [0.717, 1.165) is 9.71 Å². The fourth-order valence-corrected chi connectivity index (χ4v) is 2.36. The molecule has 2 aromatic rings. The van der Waals surface area contributed by atoms with Gasteiger partial charge in [-0.1, -0.05) is 11.6 Å². The van der Waals surface area contributed by atoms with Crippen LogP contribution in [0.25, 0.3) is 10.2 Å². The zero-order chi connectivity index (χ0) is 11.9. The molecule has 2 nitrogen and oxygen atoms in total. The zero-order valence-electron chi connectivity index (χ0n) is 7.93. The summed E-state index contributed by atoms with van der Waals surface area (Å²) in [5.74, 6) is -0.424. The Morgan fingerprint density at radius 2 is 2.06 bits per heavy atom. The molecule has 0 saturated carbocycles. The van der Waals surface area contributed by atoms with Crippen LogP contribution in [0.2, 0.25) is 5.02 Å². The fourth-order valence-electron chi connectivity index (χ4n) is 1.25. The summed E-state index contributed by atoms with van der Waals surface area (Å²) in [5.41, 5.74) is 0.450. The number of benzene rings is 1. The zero-order valence-corrected chi connectivity index (χ0v) is 9.50. The van der Waals surface area contributed by atoms with Gasteiger partial charge in [-0.05, 0) is 13.0 Å². The van der Waals surface area contributed by atoms with E-state index in [9.17, 15) is 13.2 Å². The van der Waals surface area contributed by atoms with Gasteiger partial charge in [0.25, 0.3) is 0 Å². The molecule has 86 valence electrons. The van der Waals surface area contributed by atoms with Crippen LogP contribution in [-0.2, 0) is 0 Å². The molecule has 0 fully saturated rings. The molecule has 0 atom stereocenters. The smallest absolute Gasteiger partial charge is 0.404 e. The second kappa shape index (κ2) is 3.78. The molecule has 0 radical (unpaired) electrons. The SMILES string of the molecule is Cc1nc2cc(OC(F)(F)F)c(Cl)cc2s1. The molecule has 0 amide bonds. The highest BCUT2D eigenvalue weighted by Gasteiger charge is 2.32. The number of fused-ring (bicyclic) bond motifs is 1. The number of rotatable bonds is 1. The third-order valence-corrected chi connectivity index (χ3v) is 3.00. The first-order valence-electron chi connectivity index (χ1n) is 4.17. The molecule has 2 rings (SSSR count). The number of aromatic nitrogens is 1. The minimum atomic E-state index is -4.75. The van der Waals surface area contributed by atoms with E-state index < -0.39 is 12.1 Å². The second-order valence-corrected chi connectivity index (χ2v) is 4.67. The summed E-state index contributed by atoms with van der Waals surface area (Å²) < 4.78 is 40.6. The quantitative estimate of drug-likeness (QED) is 0.774. The number of ether oxygens (including phenoxy) is 1. The van der Waals surface area contributed by atoms with Crippen LogP contribution in [0.3, 0.4) is 0 Å². The summed E-state index contributed by atoms with van der Waals surface area (Å²) in [7, 11) is 0. The highest BCUT2D eigenvalue weighted by atomic mass is 35.5. The maximum Gasteiger partial charge on any atom is 0.573 e. The molecule has 0 unspecified atom stereocenters. The summed E-state index contributed by atoms with van der Waals surface area (Å²) in [4.78, 5) is 4.06. The molecule has 1 aromatic heterocycles. The third-order valence-electron chi connectivity index (χ3n) is 1.77. The van der Waals surface area contributed by atoms with E-state index in [1.807, 2.05) is 0 Å². The topological polar surface area (TPSA) is 22.1 Å². The van der Waals surface area contributed by atoms with E-state index in [1.54, 1.807) is 6.92 Å². The van der Waals surface area contributed by atoms with Crippen molar-refractivity contribution in [3.05, 3.63) is 22.2 Å². The Morgan fingerprint density at radius 3 is 2.69 bits per heavy atom. The maximum atomic E-state index is 12.0. The van der Waals surface area contributed by atoms with E-state index in [-0.39, 0.29) is 5.02 Å². The highest BCUT2D eigenvalue weighted by molar-refractivity contribution is 7.18. The molecule has 0 aliphatic rings. The van der Waals surface area contributed by atoms with Crippen LogP contribution < -0.4 is 4.74 Å². The van der Waals surface area contributed by atoms with E-state index in [4.69, 9.17) is 11.6 Å². The molecule has 7 heteroatoms. The second-order valence-electron chi connectivity index (χ2n) is 3.03. The lowest BCUT2D eigenvalue weighted by atomic mass is 10.3. The third kappa shape index (κ3) is 2.38. The highest BCUT2D eigenvalue weighted by Crippen LogP contribution is 2.35. The van der Waals surface area contributed by atoms with Crippen molar-refractivity contribution in [1.82, 2.24) is 4.98 Å². The van der Waals surface area contributed by atoms with Crippen molar-refractivity contribution in [3.8, 4) is 5.75 Å². The number of hydrogen-bond acceptors (Lipinski definition) is 3. The Kier molecular flexibility index (Phi) is 2.71. The predicted molar refractivity (Wildman–Crippen MR) is 56.1 cm³/mol. The standard InChI is InChI=1S/C9H5ClF3NOS/c1-4-14-6-3-7(15-9(11,12)13)5(10)2-8(6)16-4/h2-3H,1H3. The van der Waals surface area contributed by atoms with Crippen molar-refractivity contribution in [2.75, 3.05) is 0 Å². The maximum absolute atomic E-state index is 12.0. The molecule has 0 aliphatic heterocycles. The van der Waals surface area contributed by atoms with Crippen molar-refractivity contribution < 1.29 is 17.9 Å². The Morgan fingerprint density at radius 1 is 1.38 bits per heavy atom. The van der Waals surface area contributed by atoms with Crippen LogP contribution in [0, 0.1) is 6.92 Å². The molecule has 16 heavy (non-hydrogen) atoms. The van der Waals surface area contributed by atoms with E-state index in [0.29, 0.717) is 5.52 Å². The lowest BCUT2D eigenvalue weighted by Gasteiger charge is -2.09. The van der Waals surface area contributed by atoms with Crippen LogP contribution in [0.5, 0.6) is 5.75 Å². The monoisotopic (exact) mass is 267 g/mol. The number of halogens is 4. The molecule has 0 aliphatic carbocycles. The summed E-state index contributed by atoms with van der Waals surface area (Å²) >= 11 is 7.03. The van der Waals surface area contributed by atoms with Crippen LogP contribution in [-0.4, -0.2) is 11.3 Å². The van der Waals surface area contributed by atoms with Gasteiger partial charge in [-0.15, -0.1) is 24.5 Å². The fraction of sp³-hybridized carbons (Fsp3) is 0.222. The molecule has 0 bridgehead atoms. The van der Waals surface area contributed by atoms with Crippen LogP contribution >= 0.6 is 22.9 Å². The van der Waals surface area contributed by atoms with E-state index >= 15 is 0 Å². The molecular formula is C9H5ClF3NOS. The Balaban J connectivity index is 2.49. The minimum Gasteiger partial charge on any atom is -0.404 e. The molecule has 1 aromatic carbocycles. The van der Waals surface area contributed by atoms with Crippen molar-refractivity contribution in [3.63, 3.8) is 0 Å². The summed E-state index contributed by atoms with van der Waals surface area (Å²) in [6.07, 6.45) is -4.75. The van der Waals surface area contributed by atoms with Gasteiger partial charge in [0.15, 0.2) is 0 Å². The Labute approximate surface area is 97.6 Å². The number of nitrogens with zero attached hydrogens (tertiary/aromatic N) is 1. The number of aryl methyl sites for hydroxylation is 1. The molecule has 0 N–H and O–H groups in total. The lowest BCUT2D eigenvalue weighted by Crippen LogP contribution is -2.17. The van der Waals surface area contributed by atoms with Gasteiger partial charge in [-0.3, -0.25) is 0 Å². The Hall–Kier alpha value is -1.01. The normalized spacial score (nSPS) is 12.1. The average molecular weight is 268 g/mol. The largest absolute Gasteiger partial charge is 0.573 e. The average Bonchev–Trinajstić information content (AvgIpc) is 2.42. The van der Waals surface area contributed by atoms with Gasteiger partial charge in [-0.2, -0.15) is 0 Å². The summed E-state index contributed by atoms with van der Waals surface area (Å²) in [6, 6.07) is 2.61. The van der Waals surface area contributed by atoms with E-state index in [1.165, 1.54) is 23.5 Å². The van der Waals surface area contributed by atoms with Crippen molar-refractivity contribution in [2.45, 2.75) is 13.3 Å². The molecule has 0 saturated heterocycles. The van der Waals surface area contributed by atoms with Gasteiger partial charge >= 0.3 is 6.36 Å². The Bertz CT molecular complexity index is 537.